The molecule has 1 fully saturated rings. The van der Waals surface area contributed by atoms with E-state index in [0.717, 1.165) is 31.1 Å². The second-order valence-electron chi connectivity index (χ2n) is 6.64. The van der Waals surface area contributed by atoms with E-state index in [1.54, 1.807) is 18.2 Å². The first kappa shape index (κ1) is 17.8. The first-order valence-corrected chi connectivity index (χ1v) is 8.94. The van der Waals surface area contributed by atoms with E-state index < -0.39 is 11.4 Å². The van der Waals surface area contributed by atoms with E-state index in [9.17, 15) is 9.59 Å². The summed E-state index contributed by atoms with van der Waals surface area (Å²) in [7, 11) is 1.36. The fraction of sp³-hybridized carbons (Fsp3) is 0.474. The minimum Gasteiger partial charge on any atom is -0.467 e. The Morgan fingerprint density at radius 3 is 2.52 bits per heavy atom. The van der Waals surface area contributed by atoms with Crippen LogP contribution in [0.5, 0.6) is 0 Å². The lowest BCUT2D eigenvalue weighted by molar-refractivity contribution is -0.148. The fourth-order valence-corrected chi connectivity index (χ4v) is 3.76. The van der Waals surface area contributed by atoms with Crippen molar-refractivity contribution in [3.8, 4) is 0 Å². The number of amides is 1. The van der Waals surface area contributed by atoms with Crippen LogP contribution in [-0.2, 0) is 9.53 Å². The van der Waals surface area contributed by atoms with Crippen molar-refractivity contribution in [3.05, 3.63) is 34.5 Å². The number of halogens is 1. The molecule has 6 heteroatoms. The van der Waals surface area contributed by atoms with Gasteiger partial charge in [0.05, 0.1) is 7.11 Å². The van der Waals surface area contributed by atoms with Gasteiger partial charge in [0.25, 0.3) is 5.91 Å². The molecule has 1 aromatic carbocycles. The molecule has 0 unspecified atom stereocenters. The highest BCUT2D eigenvalue weighted by Crippen LogP contribution is 2.31. The van der Waals surface area contributed by atoms with Crippen LogP contribution in [0.25, 0.3) is 11.0 Å². The highest BCUT2D eigenvalue weighted by atomic mass is 35.5. The Labute approximate surface area is 151 Å². The highest BCUT2D eigenvalue weighted by molar-refractivity contribution is 6.31. The van der Waals surface area contributed by atoms with Crippen LogP contribution in [0.2, 0.25) is 5.02 Å². The summed E-state index contributed by atoms with van der Waals surface area (Å²) in [6, 6.07) is 5.23. The number of rotatable bonds is 3. The lowest BCUT2D eigenvalue weighted by Crippen LogP contribution is -2.54. The molecule has 0 aliphatic heterocycles. The van der Waals surface area contributed by atoms with Crippen LogP contribution < -0.4 is 5.32 Å². The van der Waals surface area contributed by atoms with E-state index >= 15 is 0 Å². The number of carbonyl (C=O) groups excluding carboxylic acids is 2. The van der Waals surface area contributed by atoms with Crippen molar-refractivity contribution in [2.24, 2.45) is 0 Å². The third-order valence-electron chi connectivity index (χ3n) is 4.99. The average molecular weight is 364 g/mol. The maximum absolute atomic E-state index is 12.9. The van der Waals surface area contributed by atoms with Gasteiger partial charge in [-0.1, -0.05) is 37.3 Å². The standard InChI is InChI=1S/C19H22ClNO4/c1-12-14-11-13(20)7-8-15(14)25-16(12)17(22)21-19(18(23)24-2)9-5-3-4-6-10-19/h7-8,11H,3-6,9-10H2,1-2H3,(H,21,22). The number of benzene rings is 1. The summed E-state index contributed by atoms with van der Waals surface area (Å²) in [5.74, 6) is -0.568. The summed E-state index contributed by atoms with van der Waals surface area (Å²) >= 11 is 6.03. The Kier molecular flexibility index (Phi) is 5.04. The number of esters is 1. The molecule has 1 aliphatic carbocycles. The van der Waals surface area contributed by atoms with E-state index in [1.807, 2.05) is 6.92 Å². The van der Waals surface area contributed by atoms with Gasteiger partial charge in [-0.15, -0.1) is 0 Å². The Morgan fingerprint density at radius 2 is 1.88 bits per heavy atom. The predicted molar refractivity (Wildman–Crippen MR) is 95.9 cm³/mol. The van der Waals surface area contributed by atoms with Gasteiger partial charge in [-0.2, -0.15) is 0 Å². The van der Waals surface area contributed by atoms with Crippen LogP contribution in [0.1, 0.15) is 54.6 Å². The van der Waals surface area contributed by atoms with Crippen molar-refractivity contribution in [3.63, 3.8) is 0 Å². The number of nitrogens with one attached hydrogen (secondary N) is 1. The molecule has 134 valence electrons. The highest BCUT2D eigenvalue weighted by Gasteiger charge is 2.42. The summed E-state index contributed by atoms with van der Waals surface area (Å²) < 4.78 is 10.7. The van der Waals surface area contributed by atoms with Crippen LogP contribution in [0.15, 0.2) is 22.6 Å². The first-order chi connectivity index (χ1) is 12.0. The molecule has 1 amide bonds. The van der Waals surface area contributed by atoms with Crippen molar-refractivity contribution in [1.82, 2.24) is 5.32 Å². The number of aryl methyl sites for hydroxylation is 1. The molecule has 1 heterocycles. The van der Waals surface area contributed by atoms with Crippen LogP contribution >= 0.6 is 11.6 Å². The van der Waals surface area contributed by atoms with Crippen LogP contribution in [0.3, 0.4) is 0 Å². The normalized spacial score (nSPS) is 17.1. The van der Waals surface area contributed by atoms with Gasteiger partial charge in [0.15, 0.2) is 5.76 Å². The Hall–Kier alpha value is -2.01. The molecule has 2 aromatic rings. The van der Waals surface area contributed by atoms with Gasteiger partial charge >= 0.3 is 5.97 Å². The third-order valence-corrected chi connectivity index (χ3v) is 5.23. The third kappa shape index (κ3) is 3.38. The summed E-state index contributed by atoms with van der Waals surface area (Å²) in [5, 5.41) is 4.29. The van der Waals surface area contributed by atoms with E-state index in [1.165, 1.54) is 7.11 Å². The SMILES string of the molecule is COC(=O)C1(NC(=O)c2oc3ccc(Cl)cc3c2C)CCCCCC1. The van der Waals surface area contributed by atoms with Gasteiger partial charge in [-0.3, -0.25) is 4.79 Å². The Balaban J connectivity index is 1.94. The quantitative estimate of drug-likeness (QED) is 0.648. The van der Waals surface area contributed by atoms with Crippen molar-refractivity contribution in [2.75, 3.05) is 7.11 Å². The summed E-state index contributed by atoms with van der Waals surface area (Å²) in [6.07, 6.45) is 5.02. The van der Waals surface area contributed by atoms with Gasteiger partial charge in [-0.25, -0.2) is 4.79 Å². The molecular weight excluding hydrogens is 342 g/mol. The monoisotopic (exact) mass is 363 g/mol. The number of furan rings is 1. The lowest BCUT2D eigenvalue weighted by atomic mass is 9.90. The molecule has 1 aromatic heterocycles. The van der Waals surface area contributed by atoms with Gasteiger partial charge < -0.3 is 14.5 Å². The van der Waals surface area contributed by atoms with E-state index in [0.29, 0.717) is 29.0 Å². The van der Waals surface area contributed by atoms with E-state index in [-0.39, 0.29) is 11.7 Å². The number of hydrogen-bond donors (Lipinski definition) is 1. The largest absolute Gasteiger partial charge is 0.467 e. The zero-order valence-corrected chi connectivity index (χ0v) is 15.2. The zero-order valence-electron chi connectivity index (χ0n) is 14.5. The molecule has 3 rings (SSSR count). The second-order valence-corrected chi connectivity index (χ2v) is 7.08. The molecule has 5 nitrogen and oxygen atoms in total. The minimum absolute atomic E-state index is 0.213. The maximum Gasteiger partial charge on any atom is 0.331 e. The van der Waals surface area contributed by atoms with Gasteiger partial charge in [0.2, 0.25) is 0 Å². The van der Waals surface area contributed by atoms with E-state index in [4.69, 9.17) is 20.8 Å². The number of hydrogen-bond acceptors (Lipinski definition) is 4. The summed E-state index contributed by atoms with van der Waals surface area (Å²) in [6.45, 7) is 1.81. The predicted octanol–water partition coefficient (Wildman–Crippen LogP) is 4.39. The molecule has 0 saturated heterocycles. The molecule has 0 radical (unpaired) electrons. The molecule has 1 aliphatic rings. The maximum atomic E-state index is 12.9. The molecule has 1 saturated carbocycles. The van der Waals surface area contributed by atoms with E-state index in [2.05, 4.69) is 5.32 Å². The van der Waals surface area contributed by atoms with Crippen molar-refractivity contribution < 1.29 is 18.7 Å². The molecule has 25 heavy (non-hydrogen) atoms. The number of fused-ring (bicyclic) bond motifs is 1. The van der Waals surface area contributed by atoms with Crippen LogP contribution in [0.4, 0.5) is 0 Å². The van der Waals surface area contributed by atoms with Crippen molar-refractivity contribution in [2.45, 2.75) is 51.0 Å². The molecule has 1 N–H and O–H groups in total. The average Bonchev–Trinajstić information content (AvgIpc) is 2.78. The van der Waals surface area contributed by atoms with Gasteiger partial charge in [0.1, 0.15) is 11.1 Å². The smallest absolute Gasteiger partial charge is 0.331 e. The summed E-state index contributed by atoms with van der Waals surface area (Å²) in [5.41, 5.74) is 0.328. The Morgan fingerprint density at radius 1 is 1.20 bits per heavy atom. The molecule has 0 spiro atoms. The lowest BCUT2D eigenvalue weighted by Gasteiger charge is -2.30. The van der Waals surface area contributed by atoms with Gasteiger partial charge in [-0.05, 0) is 38.0 Å². The number of carbonyl (C=O) groups is 2. The van der Waals surface area contributed by atoms with Crippen molar-refractivity contribution >= 4 is 34.4 Å². The summed E-state index contributed by atoms with van der Waals surface area (Å²) in [4.78, 5) is 25.3. The van der Waals surface area contributed by atoms with Crippen LogP contribution in [-0.4, -0.2) is 24.5 Å². The second kappa shape index (κ2) is 7.08. The molecule has 0 bridgehead atoms. The molecular formula is C19H22ClNO4. The topological polar surface area (TPSA) is 68.5 Å². The van der Waals surface area contributed by atoms with Crippen molar-refractivity contribution in [1.29, 1.82) is 0 Å². The van der Waals surface area contributed by atoms with Crippen LogP contribution in [0, 0.1) is 6.92 Å². The Bertz CT molecular complexity index is 803. The fourth-order valence-electron chi connectivity index (χ4n) is 3.59. The number of ether oxygens (including phenoxy) is 1. The number of methoxy groups -OCH3 is 1. The zero-order chi connectivity index (χ0) is 18.0. The van der Waals surface area contributed by atoms with Gasteiger partial charge in [0, 0.05) is 16.0 Å². The molecule has 0 atom stereocenters. The minimum atomic E-state index is -0.981. The first-order valence-electron chi connectivity index (χ1n) is 8.56.